The van der Waals surface area contributed by atoms with Crippen molar-refractivity contribution in [2.24, 2.45) is 5.73 Å². The van der Waals surface area contributed by atoms with Crippen LogP contribution >= 0.6 is 11.6 Å². The van der Waals surface area contributed by atoms with Crippen molar-refractivity contribution in [1.29, 1.82) is 0 Å². The Balaban J connectivity index is 2.26. The van der Waals surface area contributed by atoms with Crippen LogP contribution in [-0.4, -0.2) is 49.1 Å². The van der Waals surface area contributed by atoms with Gasteiger partial charge >= 0.3 is 0 Å². The van der Waals surface area contributed by atoms with Crippen LogP contribution in [0, 0.1) is 0 Å². The van der Waals surface area contributed by atoms with Gasteiger partial charge in [-0.3, -0.25) is 4.90 Å². The molecular formula is C17H28ClN3. The van der Waals surface area contributed by atoms with E-state index in [2.05, 4.69) is 43.0 Å². The Bertz CT molecular complexity index is 449. The van der Waals surface area contributed by atoms with Crippen molar-refractivity contribution in [1.82, 2.24) is 9.80 Å². The van der Waals surface area contributed by atoms with Crippen molar-refractivity contribution in [2.45, 2.75) is 44.3 Å². The molecule has 2 N–H and O–H groups in total. The number of nitrogens with two attached hydrogens (primary N) is 1. The fourth-order valence-electron chi connectivity index (χ4n) is 3.29. The zero-order valence-corrected chi connectivity index (χ0v) is 14.2. The average molecular weight is 310 g/mol. The van der Waals surface area contributed by atoms with Gasteiger partial charge in [-0.2, -0.15) is 0 Å². The molecule has 1 aromatic rings. The molecule has 4 heteroatoms. The van der Waals surface area contributed by atoms with Gasteiger partial charge in [0.05, 0.1) is 6.04 Å². The van der Waals surface area contributed by atoms with Crippen LogP contribution in [0.15, 0.2) is 24.3 Å². The summed E-state index contributed by atoms with van der Waals surface area (Å²) in [5.74, 6) is 0. The van der Waals surface area contributed by atoms with Crippen molar-refractivity contribution in [3.05, 3.63) is 34.9 Å². The molecule has 3 nitrogen and oxygen atoms in total. The summed E-state index contributed by atoms with van der Waals surface area (Å²) in [4.78, 5) is 4.86. The van der Waals surface area contributed by atoms with Crippen molar-refractivity contribution >= 4 is 11.6 Å². The van der Waals surface area contributed by atoms with Crippen molar-refractivity contribution < 1.29 is 0 Å². The second-order valence-corrected chi connectivity index (χ2v) is 6.70. The number of hydrogen-bond donors (Lipinski definition) is 1. The van der Waals surface area contributed by atoms with E-state index >= 15 is 0 Å². The van der Waals surface area contributed by atoms with Gasteiger partial charge in [0.25, 0.3) is 0 Å². The predicted octanol–water partition coefficient (Wildman–Crippen LogP) is 3.14. The van der Waals surface area contributed by atoms with Crippen LogP contribution in [0.4, 0.5) is 0 Å². The molecule has 0 radical (unpaired) electrons. The van der Waals surface area contributed by atoms with Gasteiger partial charge in [-0.25, -0.2) is 0 Å². The highest BCUT2D eigenvalue weighted by Crippen LogP contribution is 2.33. The third kappa shape index (κ3) is 3.98. The second kappa shape index (κ2) is 7.59. The SMILES string of the molecule is CCC(N)C(c1ccccc1Cl)N1CCCC(N(C)C)C1. The number of nitrogens with zero attached hydrogens (tertiary/aromatic N) is 2. The molecule has 1 aromatic carbocycles. The minimum Gasteiger partial charge on any atom is -0.326 e. The third-order valence-corrected chi connectivity index (χ3v) is 5.00. The molecule has 21 heavy (non-hydrogen) atoms. The van der Waals surface area contributed by atoms with Gasteiger partial charge < -0.3 is 10.6 Å². The zero-order chi connectivity index (χ0) is 15.4. The summed E-state index contributed by atoms with van der Waals surface area (Å²) in [7, 11) is 4.33. The lowest BCUT2D eigenvalue weighted by Gasteiger charge is -2.42. The van der Waals surface area contributed by atoms with Gasteiger partial charge in [-0.15, -0.1) is 0 Å². The van der Waals surface area contributed by atoms with Gasteiger partial charge in [-0.1, -0.05) is 36.7 Å². The molecule has 0 aliphatic carbocycles. The van der Waals surface area contributed by atoms with E-state index in [0.29, 0.717) is 6.04 Å². The summed E-state index contributed by atoms with van der Waals surface area (Å²) in [6.45, 7) is 4.33. The van der Waals surface area contributed by atoms with Crippen molar-refractivity contribution in [3.8, 4) is 0 Å². The zero-order valence-electron chi connectivity index (χ0n) is 13.4. The minimum atomic E-state index is 0.116. The Morgan fingerprint density at radius 3 is 2.71 bits per heavy atom. The summed E-state index contributed by atoms with van der Waals surface area (Å²) < 4.78 is 0. The molecule has 1 aliphatic heterocycles. The first-order chi connectivity index (χ1) is 10.0. The van der Waals surface area contributed by atoms with E-state index in [4.69, 9.17) is 17.3 Å². The van der Waals surface area contributed by atoms with Crippen LogP contribution in [-0.2, 0) is 0 Å². The highest BCUT2D eigenvalue weighted by molar-refractivity contribution is 6.31. The molecule has 0 bridgehead atoms. The van der Waals surface area contributed by atoms with Crippen LogP contribution in [0.3, 0.4) is 0 Å². The molecule has 1 heterocycles. The molecular weight excluding hydrogens is 282 g/mol. The smallest absolute Gasteiger partial charge is 0.0514 e. The normalized spacial score (nSPS) is 23.2. The number of rotatable bonds is 5. The Labute approximate surface area is 134 Å². The molecule has 1 aliphatic rings. The maximum Gasteiger partial charge on any atom is 0.0514 e. The molecule has 0 spiro atoms. The first kappa shape index (κ1) is 16.8. The summed E-state index contributed by atoms with van der Waals surface area (Å²) in [6, 6.07) is 9.08. The molecule has 2 rings (SSSR count). The predicted molar refractivity (Wildman–Crippen MR) is 90.7 cm³/mol. The van der Waals surface area contributed by atoms with Crippen molar-refractivity contribution in [2.75, 3.05) is 27.2 Å². The monoisotopic (exact) mass is 309 g/mol. The lowest BCUT2D eigenvalue weighted by Crippen LogP contribution is -2.50. The fraction of sp³-hybridized carbons (Fsp3) is 0.647. The number of hydrogen-bond acceptors (Lipinski definition) is 3. The first-order valence-corrected chi connectivity index (χ1v) is 8.32. The molecule has 3 atom stereocenters. The van der Waals surface area contributed by atoms with Crippen molar-refractivity contribution in [3.63, 3.8) is 0 Å². The van der Waals surface area contributed by atoms with Crippen LogP contribution in [0.1, 0.15) is 37.8 Å². The molecule has 1 saturated heterocycles. The van der Waals surface area contributed by atoms with Gasteiger partial charge in [0.1, 0.15) is 0 Å². The number of halogens is 1. The van der Waals surface area contributed by atoms with Gasteiger partial charge in [-0.05, 0) is 51.5 Å². The van der Waals surface area contributed by atoms with E-state index in [9.17, 15) is 0 Å². The number of piperidine rings is 1. The number of likely N-dealkylation sites (tertiary alicyclic amines) is 1. The Morgan fingerprint density at radius 1 is 1.38 bits per heavy atom. The Hall–Kier alpha value is -0.610. The van der Waals surface area contributed by atoms with Crippen LogP contribution in [0.25, 0.3) is 0 Å². The van der Waals surface area contributed by atoms with E-state index in [1.165, 1.54) is 18.4 Å². The first-order valence-electron chi connectivity index (χ1n) is 7.95. The van der Waals surface area contributed by atoms with E-state index in [0.717, 1.165) is 24.5 Å². The average Bonchev–Trinajstić information content (AvgIpc) is 2.49. The molecule has 0 amide bonds. The quantitative estimate of drug-likeness (QED) is 0.907. The minimum absolute atomic E-state index is 0.116. The summed E-state index contributed by atoms with van der Waals surface area (Å²) in [5.41, 5.74) is 7.63. The summed E-state index contributed by atoms with van der Waals surface area (Å²) >= 11 is 6.45. The fourth-order valence-corrected chi connectivity index (χ4v) is 3.54. The second-order valence-electron chi connectivity index (χ2n) is 6.29. The molecule has 1 fully saturated rings. The highest BCUT2D eigenvalue weighted by atomic mass is 35.5. The van der Waals surface area contributed by atoms with E-state index < -0.39 is 0 Å². The summed E-state index contributed by atoms with van der Waals surface area (Å²) in [5, 5.41) is 0.832. The van der Waals surface area contributed by atoms with Crippen LogP contribution in [0.5, 0.6) is 0 Å². The lowest BCUT2D eigenvalue weighted by atomic mass is 9.93. The molecule has 0 aromatic heterocycles. The Morgan fingerprint density at radius 2 is 2.10 bits per heavy atom. The summed E-state index contributed by atoms with van der Waals surface area (Å²) in [6.07, 6.45) is 3.44. The lowest BCUT2D eigenvalue weighted by molar-refractivity contribution is 0.0832. The molecule has 3 unspecified atom stereocenters. The molecule has 0 saturated carbocycles. The number of likely N-dealkylation sites (N-methyl/N-ethyl adjacent to an activating group) is 1. The largest absolute Gasteiger partial charge is 0.326 e. The van der Waals surface area contributed by atoms with Gasteiger partial charge in [0, 0.05) is 23.7 Å². The van der Waals surface area contributed by atoms with Crippen LogP contribution in [0.2, 0.25) is 5.02 Å². The van der Waals surface area contributed by atoms with Crippen LogP contribution < -0.4 is 5.73 Å². The highest BCUT2D eigenvalue weighted by Gasteiger charge is 2.31. The third-order valence-electron chi connectivity index (χ3n) is 4.65. The van der Waals surface area contributed by atoms with Gasteiger partial charge in [0.15, 0.2) is 0 Å². The maximum atomic E-state index is 6.46. The Kier molecular flexibility index (Phi) is 6.06. The molecule has 118 valence electrons. The topological polar surface area (TPSA) is 32.5 Å². The van der Waals surface area contributed by atoms with E-state index in [1.54, 1.807) is 0 Å². The van der Waals surface area contributed by atoms with E-state index in [1.807, 2.05) is 12.1 Å². The standard InChI is InChI=1S/C17H28ClN3/c1-4-16(19)17(14-9-5-6-10-15(14)18)21-11-7-8-13(12-21)20(2)3/h5-6,9-10,13,16-17H,4,7-8,11-12,19H2,1-3H3. The van der Waals surface area contributed by atoms with E-state index in [-0.39, 0.29) is 12.1 Å². The number of benzene rings is 1. The maximum absolute atomic E-state index is 6.46. The van der Waals surface area contributed by atoms with Gasteiger partial charge in [0.2, 0.25) is 0 Å².